The van der Waals surface area contributed by atoms with E-state index in [1.165, 1.54) is 11.3 Å². The molecule has 3 heterocycles. The number of methoxy groups -OCH3 is 1. The lowest BCUT2D eigenvalue weighted by Crippen LogP contribution is -2.49. The number of carbonyl (C=O) groups excluding carboxylic acids is 2. The molecular weight excluding hydrogens is 344 g/mol. The lowest BCUT2D eigenvalue weighted by Gasteiger charge is -2.30. The van der Waals surface area contributed by atoms with Gasteiger partial charge in [-0.3, -0.25) is 14.4 Å². The van der Waals surface area contributed by atoms with Gasteiger partial charge in [-0.25, -0.2) is 0 Å². The van der Waals surface area contributed by atoms with E-state index in [4.69, 9.17) is 9.84 Å². The van der Waals surface area contributed by atoms with E-state index in [9.17, 15) is 14.4 Å². The lowest BCUT2D eigenvalue weighted by molar-refractivity contribution is -0.141. The van der Waals surface area contributed by atoms with E-state index >= 15 is 0 Å². The molecule has 0 spiro atoms. The van der Waals surface area contributed by atoms with E-state index in [1.807, 2.05) is 11.4 Å². The van der Waals surface area contributed by atoms with Crippen molar-refractivity contribution in [2.75, 3.05) is 20.2 Å². The molecule has 2 aliphatic rings. The third-order valence-corrected chi connectivity index (χ3v) is 5.79. The van der Waals surface area contributed by atoms with E-state index in [1.54, 1.807) is 23.0 Å². The maximum Gasteiger partial charge on any atom is 0.305 e. The Kier molecular flexibility index (Phi) is 5.39. The van der Waals surface area contributed by atoms with Crippen molar-refractivity contribution in [3.8, 4) is 0 Å². The number of carbonyl (C=O) groups is 3. The van der Waals surface area contributed by atoms with Gasteiger partial charge in [0.25, 0.3) is 5.91 Å². The highest BCUT2D eigenvalue weighted by atomic mass is 32.1. The molecule has 136 valence electrons. The molecule has 3 unspecified atom stereocenters. The first kappa shape index (κ1) is 17.9. The predicted octanol–water partition coefficient (Wildman–Crippen LogP) is 1.44. The summed E-state index contributed by atoms with van der Waals surface area (Å²) in [5.41, 5.74) is 0. The van der Waals surface area contributed by atoms with Gasteiger partial charge in [-0.15, -0.1) is 11.3 Å². The summed E-state index contributed by atoms with van der Waals surface area (Å²) in [7, 11) is 1.57. The molecular formula is C17H22N2O5S. The zero-order chi connectivity index (χ0) is 18.0. The largest absolute Gasteiger partial charge is 0.481 e. The molecule has 8 heteroatoms. The van der Waals surface area contributed by atoms with Crippen LogP contribution >= 0.6 is 11.3 Å². The summed E-state index contributed by atoms with van der Waals surface area (Å²) in [6.07, 6.45) is 1.65. The summed E-state index contributed by atoms with van der Waals surface area (Å²) >= 11 is 1.36. The smallest absolute Gasteiger partial charge is 0.305 e. The highest BCUT2D eigenvalue weighted by Gasteiger charge is 2.43. The normalized spacial score (nSPS) is 26.2. The van der Waals surface area contributed by atoms with Gasteiger partial charge in [-0.05, 0) is 30.7 Å². The molecule has 3 atom stereocenters. The highest BCUT2D eigenvalue weighted by molar-refractivity contribution is 7.12. The Morgan fingerprint density at radius 3 is 2.80 bits per heavy atom. The fourth-order valence-electron chi connectivity index (χ4n) is 3.71. The third-order valence-electron chi connectivity index (χ3n) is 4.93. The van der Waals surface area contributed by atoms with Crippen LogP contribution in [0.1, 0.15) is 35.4 Å². The van der Waals surface area contributed by atoms with Crippen molar-refractivity contribution >= 4 is 29.1 Å². The number of likely N-dealkylation sites (tertiary alicyclic amines) is 2. The van der Waals surface area contributed by atoms with Gasteiger partial charge in [0.1, 0.15) is 6.04 Å². The monoisotopic (exact) mass is 366 g/mol. The zero-order valence-electron chi connectivity index (χ0n) is 14.1. The van der Waals surface area contributed by atoms with Gasteiger partial charge in [-0.2, -0.15) is 0 Å². The Morgan fingerprint density at radius 2 is 2.16 bits per heavy atom. The molecule has 1 aromatic rings. The van der Waals surface area contributed by atoms with Gasteiger partial charge >= 0.3 is 5.97 Å². The Morgan fingerprint density at radius 1 is 1.36 bits per heavy atom. The molecule has 1 aromatic heterocycles. The number of nitrogens with zero attached hydrogens (tertiary/aromatic N) is 2. The maximum absolute atomic E-state index is 13.1. The summed E-state index contributed by atoms with van der Waals surface area (Å²) in [6, 6.07) is 2.68. The Hall–Kier alpha value is -1.93. The van der Waals surface area contributed by atoms with Crippen molar-refractivity contribution in [3.05, 3.63) is 22.4 Å². The number of aliphatic carboxylic acids is 1. The fraction of sp³-hybridized carbons (Fsp3) is 0.588. The van der Waals surface area contributed by atoms with E-state index < -0.39 is 12.0 Å². The standard InChI is InChI=1S/C17H22N2O5S/c1-24-12-8-11(9-15(20)21)19(10-12)16(22)13-4-2-6-18(13)17(23)14-5-3-7-25-14/h3,5,7,11-13H,2,4,6,8-10H2,1H3,(H,20,21). The van der Waals surface area contributed by atoms with E-state index in [0.717, 1.165) is 6.42 Å². The SMILES string of the molecule is COC1CC(CC(=O)O)N(C(=O)C2CCCN2C(=O)c2cccs2)C1. The zero-order valence-corrected chi connectivity index (χ0v) is 14.9. The predicted molar refractivity (Wildman–Crippen MR) is 91.5 cm³/mol. The van der Waals surface area contributed by atoms with Gasteiger partial charge in [0.2, 0.25) is 5.91 Å². The Bertz CT molecular complexity index is 647. The average molecular weight is 366 g/mol. The summed E-state index contributed by atoms with van der Waals surface area (Å²) in [5.74, 6) is -1.21. The number of hydrogen-bond donors (Lipinski definition) is 1. The molecule has 0 aliphatic carbocycles. The summed E-state index contributed by atoms with van der Waals surface area (Å²) in [4.78, 5) is 40.7. The molecule has 0 aromatic carbocycles. The quantitative estimate of drug-likeness (QED) is 0.852. The summed E-state index contributed by atoms with van der Waals surface area (Å²) in [6.45, 7) is 0.934. The highest BCUT2D eigenvalue weighted by Crippen LogP contribution is 2.29. The van der Waals surface area contributed by atoms with Crippen LogP contribution in [0.2, 0.25) is 0 Å². The third kappa shape index (κ3) is 3.69. The molecule has 0 saturated carbocycles. The van der Waals surface area contributed by atoms with Crippen LogP contribution in [-0.4, -0.2) is 71.1 Å². The topological polar surface area (TPSA) is 87.2 Å². The van der Waals surface area contributed by atoms with Gasteiger partial charge in [0, 0.05) is 26.2 Å². The molecule has 7 nitrogen and oxygen atoms in total. The average Bonchev–Trinajstić information content (AvgIpc) is 3.32. The van der Waals surface area contributed by atoms with Gasteiger partial charge in [0.15, 0.2) is 0 Å². The fourth-order valence-corrected chi connectivity index (χ4v) is 4.39. The number of thiophene rings is 1. The molecule has 25 heavy (non-hydrogen) atoms. The summed E-state index contributed by atoms with van der Waals surface area (Å²) in [5, 5.41) is 11.0. The van der Waals surface area contributed by atoms with Crippen LogP contribution in [0, 0.1) is 0 Å². The second kappa shape index (κ2) is 7.53. The molecule has 0 bridgehead atoms. The first-order valence-electron chi connectivity index (χ1n) is 8.40. The summed E-state index contributed by atoms with van der Waals surface area (Å²) < 4.78 is 5.33. The van der Waals surface area contributed by atoms with Crippen molar-refractivity contribution in [2.24, 2.45) is 0 Å². The second-order valence-electron chi connectivity index (χ2n) is 6.47. The van der Waals surface area contributed by atoms with Crippen LogP contribution in [-0.2, 0) is 14.3 Å². The van der Waals surface area contributed by atoms with Crippen LogP contribution in [0.25, 0.3) is 0 Å². The molecule has 2 aliphatic heterocycles. The molecule has 0 radical (unpaired) electrons. The van der Waals surface area contributed by atoms with E-state index in [0.29, 0.717) is 30.8 Å². The van der Waals surface area contributed by atoms with Crippen LogP contribution in [0.4, 0.5) is 0 Å². The van der Waals surface area contributed by atoms with Gasteiger partial charge in [0.05, 0.1) is 17.4 Å². The lowest BCUT2D eigenvalue weighted by atomic mass is 10.1. The number of carboxylic acid groups (broad SMARTS) is 1. The van der Waals surface area contributed by atoms with E-state index in [-0.39, 0.29) is 30.4 Å². The van der Waals surface area contributed by atoms with Crippen molar-refractivity contribution < 1.29 is 24.2 Å². The van der Waals surface area contributed by atoms with Gasteiger partial charge in [-0.1, -0.05) is 6.07 Å². The number of amides is 2. The van der Waals surface area contributed by atoms with Gasteiger partial charge < -0.3 is 19.6 Å². The minimum absolute atomic E-state index is 0.100. The second-order valence-corrected chi connectivity index (χ2v) is 7.42. The Balaban J connectivity index is 1.75. The van der Waals surface area contributed by atoms with Crippen LogP contribution in [0.3, 0.4) is 0 Å². The van der Waals surface area contributed by atoms with Crippen LogP contribution in [0.5, 0.6) is 0 Å². The Labute approximate surface area is 150 Å². The number of hydrogen-bond acceptors (Lipinski definition) is 5. The minimum Gasteiger partial charge on any atom is -0.481 e. The van der Waals surface area contributed by atoms with Crippen molar-refractivity contribution in [1.29, 1.82) is 0 Å². The maximum atomic E-state index is 13.1. The van der Waals surface area contributed by atoms with Crippen LogP contribution < -0.4 is 0 Å². The number of carboxylic acids is 1. The molecule has 3 rings (SSSR count). The molecule has 1 N–H and O–H groups in total. The van der Waals surface area contributed by atoms with Crippen molar-refractivity contribution in [3.63, 3.8) is 0 Å². The van der Waals surface area contributed by atoms with E-state index in [2.05, 4.69) is 0 Å². The molecule has 2 saturated heterocycles. The first-order chi connectivity index (χ1) is 12.0. The van der Waals surface area contributed by atoms with Crippen LogP contribution in [0.15, 0.2) is 17.5 Å². The molecule has 2 amide bonds. The van der Waals surface area contributed by atoms with Crippen molar-refractivity contribution in [1.82, 2.24) is 9.80 Å². The number of ether oxygens (including phenoxy) is 1. The number of rotatable bonds is 5. The molecule has 2 fully saturated rings. The first-order valence-corrected chi connectivity index (χ1v) is 9.28. The van der Waals surface area contributed by atoms with Crippen molar-refractivity contribution in [2.45, 2.75) is 43.9 Å². The minimum atomic E-state index is -0.933.